The first-order valence-corrected chi connectivity index (χ1v) is 5.40. The lowest BCUT2D eigenvalue weighted by molar-refractivity contribution is -0.137. The summed E-state index contributed by atoms with van der Waals surface area (Å²) in [6, 6.07) is 3.17. The summed E-state index contributed by atoms with van der Waals surface area (Å²) in [4.78, 5) is 0. The normalized spacial score (nSPS) is 13.9. The van der Waals surface area contributed by atoms with Crippen molar-refractivity contribution in [3.63, 3.8) is 0 Å². The standard InChI is InChI=1S/C10H11BrF3NO/c11-8-2-1-6(10(12,13)14)5-7(8)9(16)3-4-15/h1-2,5,9,16H,3-4,15H2. The van der Waals surface area contributed by atoms with Crippen LogP contribution in [0.3, 0.4) is 0 Å². The molecule has 0 fully saturated rings. The van der Waals surface area contributed by atoms with Crippen molar-refractivity contribution in [3.05, 3.63) is 33.8 Å². The highest BCUT2D eigenvalue weighted by Crippen LogP contribution is 2.34. The fourth-order valence-corrected chi connectivity index (χ4v) is 1.80. The number of alkyl halides is 3. The Hall–Kier alpha value is -0.590. The van der Waals surface area contributed by atoms with Crippen molar-refractivity contribution in [2.75, 3.05) is 6.54 Å². The van der Waals surface area contributed by atoms with E-state index in [1.807, 2.05) is 0 Å². The first-order valence-electron chi connectivity index (χ1n) is 4.61. The van der Waals surface area contributed by atoms with Gasteiger partial charge in [0.05, 0.1) is 11.7 Å². The second kappa shape index (κ2) is 5.16. The van der Waals surface area contributed by atoms with Crippen LogP contribution < -0.4 is 5.73 Å². The molecule has 0 radical (unpaired) electrons. The van der Waals surface area contributed by atoms with Crippen LogP contribution in [0.4, 0.5) is 13.2 Å². The van der Waals surface area contributed by atoms with Crippen molar-refractivity contribution in [2.45, 2.75) is 18.7 Å². The van der Waals surface area contributed by atoms with Gasteiger partial charge in [0.1, 0.15) is 0 Å². The van der Waals surface area contributed by atoms with E-state index in [4.69, 9.17) is 5.73 Å². The van der Waals surface area contributed by atoms with E-state index >= 15 is 0 Å². The van der Waals surface area contributed by atoms with E-state index in [1.165, 1.54) is 6.07 Å². The molecule has 0 saturated carbocycles. The van der Waals surface area contributed by atoms with Crippen molar-refractivity contribution in [1.29, 1.82) is 0 Å². The molecule has 0 aliphatic carbocycles. The van der Waals surface area contributed by atoms with Gasteiger partial charge in [-0.25, -0.2) is 0 Å². The predicted octanol–water partition coefficient (Wildman–Crippen LogP) is 2.85. The number of hydrogen-bond donors (Lipinski definition) is 2. The molecule has 0 aromatic heterocycles. The number of rotatable bonds is 3. The number of halogens is 4. The van der Waals surface area contributed by atoms with Crippen molar-refractivity contribution in [3.8, 4) is 0 Å². The minimum absolute atomic E-state index is 0.209. The molecular formula is C10H11BrF3NO. The number of aliphatic hydroxyl groups is 1. The lowest BCUT2D eigenvalue weighted by atomic mass is 10.0. The zero-order chi connectivity index (χ0) is 12.3. The summed E-state index contributed by atoms with van der Waals surface area (Å²) >= 11 is 3.10. The van der Waals surface area contributed by atoms with E-state index in [0.717, 1.165) is 12.1 Å². The van der Waals surface area contributed by atoms with Crippen molar-refractivity contribution < 1.29 is 18.3 Å². The molecule has 0 aliphatic rings. The summed E-state index contributed by atoms with van der Waals surface area (Å²) in [7, 11) is 0. The van der Waals surface area contributed by atoms with Crippen LogP contribution in [-0.4, -0.2) is 11.7 Å². The van der Waals surface area contributed by atoms with Crippen LogP contribution in [0.25, 0.3) is 0 Å². The summed E-state index contributed by atoms with van der Waals surface area (Å²) in [5.41, 5.74) is 4.68. The Morgan fingerprint density at radius 3 is 2.50 bits per heavy atom. The lowest BCUT2D eigenvalue weighted by Gasteiger charge is -2.14. The van der Waals surface area contributed by atoms with Gasteiger partial charge >= 0.3 is 6.18 Å². The maximum atomic E-state index is 12.4. The quantitative estimate of drug-likeness (QED) is 0.901. The molecule has 2 nitrogen and oxygen atoms in total. The van der Waals surface area contributed by atoms with Gasteiger partial charge in [-0.1, -0.05) is 15.9 Å². The number of benzene rings is 1. The lowest BCUT2D eigenvalue weighted by Crippen LogP contribution is -2.10. The second-order valence-electron chi connectivity index (χ2n) is 3.33. The third kappa shape index (κ3) is 3.20. The monoisotopic (exact) mass is 297 g/mol. The summed E-state index contributed by atoms with van der Waals surface area (Å²) < 4.78 is 37.7. The maximum Gasteiger partial charge on any atom is 0.416 e. The Morgan fingerprint density at radius 2 is 2.00 bits per heavy atom. The Bertz CT molecular complexity index is 368. The molecule has 0 heterocycles. The second-order valence-corrected chi connectivity index (χ2v) is 4.18. The largest absolute Gasteiger partial charge is 0.416 e. The smallest absolute Gasteiger partial charge is 0.388 e. The van der Waals surface area contributed by atoms with Crippen molar-refractivity contribution in [2.24, 2.45) is 5.73 Å². The van der Waals surface area contributed by atoms with Gasteiger partial charge in [-0.2, -0.15) is 13.2 Å². The van der Waals surface area contributed by atoms with Gasteiger partial charge in [-0.05, 0) is 36.7 Å². The molecule has 0 amide bonds. The molecule has 1 atom stereocenters. The van der Waals surface area contributed by atoms with Crippen LogP contribution in [-0.2, 0) is 6.18 Å². The fraction of sp³-hybridized carbons (Fsp3) is 0.400. The van der Waals surface area contributed by atoms with Crippen molar-refractivity contribution in [1.82, 2.24) is 0 Å². The van der Waals surface area contributed by atoms with Crippen LogP contribution in [0.15, 0.2) is 22.7 Å². The van der Waals surface area contributed by atoms with Crippen molar-refractivity contribution >= 4 is 15.9 Å². The predicted molar refractivity (Wildman–Crippen MR) is 57.8 cm³/mol. The molecule has 16 heavy (non-hydrogen) atoms. The average molecular weight is 298 g/mol. The molecule has 0 bridgehead atoms. The highest BCUT2D eigenvalue weighted by Gasteiger charge is 2.31. The Kier molecular flexibility index (Phi) is 4.35. The highest BCUT2D eigenvalue weighted by atomic mass is 79.9. The number of nitrogens with two attached hydrogens (primary N) is 1. The molecule has 1 aromatic rings. The van der Waals surface area contributed by atoms with Gasteiger partial charge in [0.15, 0.2) is 0 Å². The zero-order valence-corrected chi connectivity index (χ0v) is 9.85. The minimum Gasteiger partial charge on any atom is -0.388 e. The number of aliphatic hydroxyl groups excluding tert-OH is 1. The number of hydrogen-bond acceptors (Lipinski definition) is 2. The molecule has 6 heteroatoms. The SMILES string of the molecule is NCCC(O)c1cc(C(F)(F)F)ccc1Br. The van der Waals surface area contributed by atoms with Gasteiger partial charge in [-0.3, -0.25) is 0 Å². The van der Waals surface area contributed by atoms with Gasteiger partial charge in [0.25, 0.3) is 0 Å². The van der Waals surface area contributed by atoms with Crippen LogP contribution >= 0.6 is 15.9 Å². The summed E-state index contributed by atoms with van der Waals surface area (Å²) in [5.74, 6) is 0. The maximum absolute atomic E-state index is 12.4. The van der Waals surface area contributed by atoms with E-state index in [2.05, 4.69) is 15.9 Å². The fourth-order valence-electron chi connectivity index (χ4n) is 1.29. The third-order valence-electron chi connectivity index (χ3n) is 2.12. The molecule has 0 saturated heterocycles. The van der Waals surface area contributed by atoms with E-state index in [1.54, 1.807) is 0 Å². The molecule has 3 N–H and O–H groups in total. The van der Waals surface area contributed by atoms with E-state index in [0.29, 0.717) is 4.47 Å². The Morgan fingerprint density at radius 1 is 1.38 bits per heavy atom. The molecule has 1 aromatic carbocycles. The first kappa shape index (κ1) is 13.5. The van der Waals surface area contributed by atoms with Gasteiger partial charge in [0.2, 0.25) is 0 Å². The van der Waals surface area contributed by atoms with E-state index < -0.39 is 17.8 Å². The molecule has 90 valence electrons. The highest BCUT2D eigenvalue weighted by molar-refractivity contribution is 9.10. The van der Waals surface area contributed by atoms with Crippen LogP contribution in [0, 0.1) is 0 Å². The Labute approximate surface area is 99.4 Å². The van der Waals surface area contributed by atoms with Crippen LogP contribution in [0.1, 0.15) is 23.7 Å². The topological polar surface area (TPSA) is 46.2 Å². The molecule has 1 rings (SSSR count). The average Bonchev–Trinajstić information content (AvgIpc) is 2.16. The van der Waals surface area contributed by atoms with Crippen LogP contribution in [0.5, 0.6) is 0 Å². The molecule has 0 aliphatic heterocycles. The first-order chi connectivity index (χ1) is 7.36. The van der Waals surface area contributed by atoms with Gasteiger partial charge in [0, 0.05) is 4.47 Å². The minimum atomic E-state index is -4.40. The summed E-state index contributed by atoms with van der Waals surface area (Å²) in [6.45, 7) is 0.212. The molecule has 1 unspecified atom stereocenters. The Balaban J connectivity index is 3.09. The summed E-state index contributed by atoms with van der Waals surface area (Å²) in [5, 5.41) is 9.61. The van der Waals surface area contributed by atoms with E-state index in [9.17, 15) is 18.3 Å². The van der Waals surface area contributed by atoms with Gasteiger partial charge < -0.3 is 10.8 Å². The zero-order valence-electron chi connectivity index (χ0n) is 8.26. The molecule has 0 spiro atoms. The van der Waals surface area contributed by atoms with E-state index in [-0.39, 0.29) is 18.5 Å². The van der Waals surface area contributed by atoms with Crippen LogP contribution in [0.2, 0.25) is 0 Å². The van der Waals surface area contributed by atoms with Gasteiger partial charge in [-0.15, -0.1) is 0 Å². The molecular weight excluding hydrogens is 287 g/mol. The summed E-state index contributed by atoms with van der Waals surface area (Å²) in [6.07, 6.45) is -5.17. The third-order valence-corrected chi connectivity index (χ3v) is 2.84.